The molecule has 0 saturated carbocycles. The van der Waals surface area contributed by atoms with E-state index in [0.29, 0.717) is 24.5 Å². The summed E-state index contributed by atoms with van der Waals surface area (Å²) in [6.45, 7) is 19.3. The minimum absolute atomic E-state index is 0.138. The van der Waals surface area contributed by atoms with Crippen molar-refractivity contribution >= 4 is 37.5 Å². The van der Waals surface area contributed by atoms with Crippen molar-refractivity contribution in [3.8, 4) is 0 Å². The predicted octanol–water partition coefficient (Wildman–Crippen LogP) is 6.18. The standard InChI is InChI=1S/C26H45NO5SSi/c1-18(16-32-34(9,10)25(4,5)6)12-11-13-26(7,24(30)31-8)23(29)15-22(28)19(2)14-21-17-33-20(3)27-21/h14,17-18,23,29H,11-13,15-16H2,1-10H3/b19-14+/t18-,23+,26-/m0/s1. The molecule has 0 aliphatic rings. The third-order valence-corrected chi connectivity index (χ3v) is 12.4. The molecule has 1 aromatic heterocycles. The van der Waals surface area contributed by atoms with Gasteiger partial charge in [-0.2, -0.15) is 0 Å². The maximum absolute atomic E-state index is 12.7. The number of aromatic nitrogens is 1. The van der Waals surface area contributed by atoms with Crippen LogP contribution in [-0.2, 0) is 18.8 Å². The summed E-state index contributed by atoms with van der Waals surface area (Å²) in [4.78, 5) is 29.7. The number of aryl methyl sites for hydroxylation is 1. The molecular weight excluding hydrogens is 466 g/mol. The fourth-order valence-electron chi connectivity index (χ4n) is 3.42. The van der Waals surface area contributed by atoms with E-state index in [1.807, 2.05) is 12.3 Å². The van der Waals surface area contributed by atoms with Crippen molar-refractivity contribution in [3.05, 3.63) is 21.7 Å². The van der Waals surface area contributed by atoms with E-state index in [-0.39, 0.29) is 17.2 Å². The van der Waals surface area contributed by atoms with Gasteiger partial charge in [-0.05, 0) is 69.3 Å². The molecule has 0 saturated heterocycles. The lowest BCUT2D eigenvalue weighted by Gasteiger charge is -2.37. The number of carbonyl (C=O) groups excluding carboxylic acids is 2. The maximum atomic E-state index is 12.7. The first-order valence-electron chi connectivity index (χ1n) is 12.1. The molecule has 1 aromatic rings. The number of methoxy groups -OCH3 is 1. The number of Topliss-reactive ketones (excluding diaryl/α,β-unsaturated/α-hetero) is 1. The average Bonchev–Trinajstić information content (AvgIpc) is 3.14. The molecule has 1 N–H and O–H groups in total. The number of ketones is 1. The largest absolute Gasteiger partial charge is 0.469 e. The molecule has 0 radical (unpaired) electrons. The van der Waals surface area contributed by atoms with Crippen molar-refractivity contribution in [1.82, 2.24) is 4.98 Å². The molecule has 34 heavy (non-hydrogen) atoms. The lowest BCUT2D eigenvalue weighted by atomic mass is 9.76. The summed E-state index contributed by atoms with van der Waals surface area (Å²) in [5.41, 5.74) is 0.0856. The number of nitrogens with zero attached hydrogens (tertiary/aromatic N) is 1. The number of thiazole rings is 1. The summed E-state index contributed by atoms with van der Waals surface area (Å²) in [7, 11) is -0.482. The Kier molecular flexibility index (Phi) is 11.3. The summed E-state index contributed by atoms with van der Waals surface area (Å²) < 4.78 is 11.3. The van der Waals surface area contributed by atoms with Crippen LogP contribution in [0, 0.1) is 18.3 Å². The van der Waals surface area contributed by atoms with E-state index in [4.69, 9.17) is 9.16 Å². The number of rotatable bonds is 13. The monoisotopic (exact) mass is 511 g/mol. The first-order chi connectivity index (χ1) is 15.5. The second-order valence-electron chi connectivity index (χ2n) is 11.2. The van der Waals surface area contributed by atoms with Crippen LogP contribution in [0.5, 0.6) is 0 Å². The van der Waals surface area contributed by atoms with Gasteiger partial charge in [0, 0.05) is 18.4 Å². The maximum Gasteiger partial charge on any atom is 0.314 e. The second-order valence-corrected chi connectivity index (χ2v) is 17.1. The van der Waals surface area contributed by atoms with E-state index < -0.39 is 25.8 Å². The van der Waals surface area contributed by atoms with Crippen molar-refractivity contribution in [2.45, 2.75) is 98.4 Å². The molecule has 0 unspecified atom stereocenters. The van der Waals surface area contributed by atoms with Crippen LogP contribution in [0.1, 0.15) is 77.9 Å². The number of hydrogen-bond acceptors (Lipinski definition) is 7. The van der Waals surface area contributed by atoms with Gasteiger partial charge < -0.3 is 14.3 Å². The topological polar surface area (TPSA) is 85.7 Å². The van der Waals surface area contributed by atoms with Gasteiger partial charge >= 0.3 is 5.97 Å². The number of carbonyl (C=O) groups is 2. The highest BCUT2D eigenvalue weighted by Gasteiger charge is 2.42. The number of ether oxygens (including phenoxy) is 1. The smallest absolute Gasteiger partial charge is 0.314 e. The van der Waals surface area contributed by atoms with E-state index in [1.54, 1.807) is 19.9 Å². The molecule has 0 aromatic carbocycles. The summed E-state index contributed by atoms with van der Waals surface area (Å²) >= 11 is 1.52. The lowest BCUT2D eigenvalue weighted by Crippen LogP contribution is -2.42. The molecule has 194 valence electrons. The van der Waals surface area contributed by atoms with Gasteiger partial charge in [0.05, 0.1) is 29.3 Å². The first-order valence-corrected chi connectivity index (χ1v) is 15.9. The van der Waals surface area contributed by atoms with Gasteiger partial charge in [-0.3, -0.25) is 9.59 Å². The van der Waals surface area contributed by atoms with Crippen molar-refractivity contribution in [1.29, 1.82) is 0 Å². The Labute approximate surface area is 211 Å². The minimum atomic E-state index is -1.80. The molecule has 0 aliphatic carbocycles. The predicted molar refractivity (Wildman–Crippen MR) is 142 cm³/mol. The Hall–Kier alpha value is -1.35. The molecule has 0 aliphatic heterocycles. The van der Waals surface area contributed by atoms with Gasteiger partial charge in [0.15, 0.2) is 14.1 Å². The van der Waals surface area contributed by atoms with Crippen LogP contribution in [0.25, 0.3) is 6.08 Å². The molecule has 1 heterocycles. The normalized spacial score (nSPS) is 16.6. The summed E-state index contributed by atoms with van der Waals surface area (Å²) in [5.74, 6) is -0.360. The molecule has 0 fully saturated rings. The van der Waals surface area contributed by atoms with Gasteiger partial charge in [-0.1, -0.05) is 34.1 Å². The zero-order valence-corrected chi connectivity index (χ0v) is 24.6. The molecule has 3 atom stereocenters. The average molecular weight is 512 g/mol. The zero-order chi connectivity index (χ0) is 26.3. The first kappa shape index (κ1) is 30.7. The Balaban J connectivity index is 2.74. The number of esters is 1. The molecule has 0 amide bonds. The fourth-order valence-corrected chi connectivity index (χ4v) is 5.12. The van der Waals surface area contributed by atoms with E-state index >= 15 is 0 Å². The molecule has 1 rings (SSSR count). The van der Waals surface area contributed by atoms with E-state index in [1.165, 1.54) is 18.4 Å². The Morgan fingerprint density at radius 3 is 2.38 bits per heavy atom. The summed E-state index contributed by atoms with van der Waals surface area (Å²) in [6, 6.07) is 0. The second kappa shape index (κ2) is 12.6. The van der Waals surface area contributed by atoms with E-state index in [0.717, 1.165) is 23.5 Å². The molecular formula is C26H45NO5SSi. The van der Waals surface area contributed by atoms with Crippen molar-refractivity contribution in [3.63, 3.8) is 0 Å². The summed E-state index contributed by atoms with van der Waals surface area (Å²) in [6.07, 6.45) is 2.48. The van der Waals surface area contributed by atoms with Crippen LogP contribution < -0.4 is 0 Å². The Bertz CT molecular complexity index is 858. The highest BCUT2D eigenvalue weighted by molar-refractivity contribution is 7.09. The molecule has 0 bridgehead atoms. The number of hydrogen-bond donors (Lipinski definition) is 1. The van der Waals surface area contributed by atoms with E-state index in [9.17, 15) is 14.7 Å². The SMILES string of the molecule is COC(=O)[C@@](C)(CCC[C@H](C)CO[Si](C)(C)C(C)(C)C)[C@H](O)CC(=O)/C(C)=C/c1csc(C)n1. The number of aliphatic hydroxyl groups excluding tert-OH is 1. The van der Waals surface area contributed by atoms with Crippen LogP contribution >= 0.6 is 11.3 Å². The highest BCUT2D eigenvalue weighted by atomic mass is 32.1. The quantitative estimate of drug-likeness (QED) is 0.193. The van der Waals surface area contributed by atoms with Crippen LogP contribution in [-0.4, -0.2) is 50.0 Å². The van der Waals surface area contributed by atoms with E-state index in [2.05, 4.69) is 45.8 Å². The fraction of sp³-hybridized carbons (Fsp3) is 0.731. The number of allylic oxidation sites excluding steroid dienone is 1. The van der Waals surface area contributed by atoms with Crippen LogP contribution in [0.2, 0.25) is 18.1 Å². The van der Waals surface area contributed by atoms with Crippen LogP contribution in [0.15, 0.2) is 11.0 Å². The van der Waals surface area contributed by atoms with Crippen LogP contribution in [0.4, 0.5) is 0 Å². The van der Waals surface area contributed by atoms with Gasteiger partial charge in [0.1, 0.15) is 0 Å². The Morgan fingerprint density at radius 2 is 1.88 bits per heavy atom. The van der Waals surface area contributed by atoms with Gasteiger partial charge in [-0.15, -0.1) is 11.3 Å². The van der Waals surface area contributed by atoms with Crippen LogP contribution in [0.3, 0.4) is 0 Å². The lowest BCUT2D eigenvalue weighted by molar-refractivity contribution is -0.160. The third-order valence-electron chi connectivity index (χ3n) is 7.13. The molecule has 8 heteroatoms. The van der Waals surface area contributed by atoms with Crippen molar-refractivity contribution in [2.75, 3.05) is 13.7 Å². The van der Waals surface area contributed by atoms with Gasteiger partial charge in [0.25, 0.3) is 0 Å². The Morgan fingerprint density at radius 1 is 1.26 bits per heavy atom. The number of aliphatic hydroxyl groups is 1. The molecule has 0 spiro atoms. The minimum Gasteiger partial charge on any atom is -0.469 e. The van der Waals surface area contributed by atoms with Gasteiger partial charge in [0.2, 0.25) is 0 Å². The van der Waals surface area contributed by atoms with Crippen molar-refractivity contribution in [2.24, 2.45) is 11.3 Å². The van der Waals surface area contributed by atoms with Gasteiger partial charge in [-0.25, -0.2) is 4.98 Å². The highest BCUT2D eigenvalue weighted by Crippen LogP contribution is 2.37. The molecule has 6 nitrogen and oxygen atoms in total. The zero-order valence-electron chi connectivity index (χ0n) is 22.8. The summed E-state index contributed by atoms with van der Waals surface area (Å²) in [5, 5.41) is 13.9. The van der Waals surface area contributed by atoms with Crippen molar-refractivity contribution < 1.29 is 23.9 Å². The third kappa shape index (κ3) is 8.70.